The molecule has 0 aliphatic rings. The average molecular weight is 537 g/mol. The zero-order chi connectivity index (χ0) is 28.7. The summed E-state index contributed by atoms with van der Waals surface area (Å²) in [7, 11) is 0. The number of aliphatic hydroxyl groups excluding tert-OH is 1. The molecule has 210 valence electrons. The van der Waals surface area contributed by atoms with E-state index in [9.17, 15) is 34.2 Å². The van der Waals surface area contributed by atoms with Crippen molar-refractivity contribution in [3.05, 3.63) is 35.9 Å². The van der Waals surface area contributed by atoms with Gasteiger partial charge in [0.25, 0.3) is 0 Å². The third-order valence-electron chi connectivity index (χ3n) is 5.32. The van der Waals surface area contributed by atoms with Crippen LogP contribution >= 0.6 is 0 Å². The van der Waals surface area contributed by atoms with Gasteiger partial charge in [0, 0.05) is 19.4 Å². The number of nitrogens with zero attached hydrogens (tertiary/aromatic N) is 1. The first-order chi connectivity index (χ1) is 17.9. The number of aliphatic carboxylic acids is 1. The van der Waals surface area contributed by atoms with Gasteiger partial charge in [0.2, 0.25) is 23.6 Å². The summed E-state index contributed by atoms with van der Waals surface area (Å²) in [4.78, 5) is 65.0. The van der Waals surface area contributed by atoms with Crippen LogP contribution in [0.3, 0.4) is 0 Å². The molecule has 0 aliphatic carbocycles. The van der Waals surface area contributed by atoms with E-state index in [2.05, 4.69) is 20.9 Å². The van der Waals surface area contributed by atoms with Crippen molar-refractivity contribution in [2.24, 2.45) is 27.9 Å². The van der Waals surface area contributed by atoms with Gasteiger partial charge in [0.05, 0.1) is 6.61 Å². The van der Waals surface area contributed by atoms with Gasteiger partial charge in [-0.05, 0) is 24.8 Å². The molecular formula is C23H36N8O7. The number of guanidine groups is 1. The van der Waals surface area contributed by atoms with Gasteiger partial charge in [-0.1, -0.05) is 30.3 Å². The molecule has 0 heterocycles. The number of hydrogen-bond donors (Lipinski definition) is 9. The normalized spacial score (nSPS) is 13.7. The van der Waals surface area contributed by atoms with Crippen LogP contribution in [0.5, 0.6) is 0 Å². The number of aliphatic hydroxyl groups is 1. The minimum Gasteiger partial charge on any atom is -0.480 e. The van der Waals surface area contributed by atoms with Crippen LogP contribution in [0.4, 0.5) is 0 Å². The Labute approximate surface area is 219 Å². The number of rotatable bonds is 17. The fourth-order valence-corrected chi connectivity index (χ4v) is 3.28. The van der Waals surface area contributed by atoms with Gasteiger partial charge in [-0.25, -0.2) is 4.79 Å². The smallest absolute Gasteiger partial charge is 0.326 e. The number of carbonyl (C=O) groups excluding carboxylic acids is 4. The molecule has 4 atom stereocenters. The molecule has 0 radical (unpaired) electrons. The van der Waals surface area contributed by atoms with Crippen LogP contribution in [0, 0.1) is 0 Å². The molecule has 0 bridgehead atoms. The zero-order valence-electron chi connectivity index (χ0n) is 20.8. The number of benzene rings is 1. The van der Waals surface area contributed by atoms with E-state index in [0.29, 0.717) is 5.56 Å². The number of amides is 4. The Balaban J connectivity index is 3.12. The highest BCUT2D eigenvalue weighted by Gasteiger charge is 2.30. The van der Waals surface area contributed by atoms with Crippen LogP contribution in [0.25, 0.3) is 0 Å². The summed E-state index contributed by atoms with van der Waals surface area (Å²) in [5, 5.41) is 25.9. The summed E-state index contributed by atoms with van der Waals surface area (Å²) >= 11 is 0. The van der Waals surface area contributed by atoms with Crippen molar-refractivity contribution in [2.75, 3.05) is 13.2 Å². The maximum Gasteiger partial charge on any atom is 0.326 e. The van der Waals surface area contributed by atoms with Gasteiger partial charge in [0.15, 0.2) is 5.96 Å². The quantitative estimate of drug-likeness (QED) is 0.0535. The van der Waals surface area contributed by atoms with Crippen LogP contribution in [0.15, 0.2) is 35.3 Å². The van der Waals surface area contributed by atoms with E-state index in [0.717, 1.165) is 0 Å². The molecule has 0 aliphatic heterocycles. The van der Waals surface area contributed by atoms with Crippen molar-refractivity contribution in [2.45, 2.75) is 56.3 Å². The molecular weight excluding hydrogens is 500 g/mol. The van der Waals surface area contributed by atoms with Crippen molar-refractivity contribution >= 4 is 35.6 Å². The SMILES string of the molecule is NC(=O)CCC(NC(=O)C(CCCN=C(N)N)NC(=O)C(Cc1ccccc1)NC(=O)C(N)CO)C(=O)O. The molecule has 0 aromatic heterocycles. The summed E-state index contributed by atoms with van der Waals surface area (Å²) < 4.78 is 0. The molecule has 13 N–H and O–H groups in total. The molecule has 0 fully saturated rings. The molecule has 4 unspecified atom stereocenters. The summed E-state index contributed by atoms with van der Waals surface area (Å²) in [5.74, 6) is -4.67. The Morgan fingerprint density at radius 1 is 0.842 bits per heavy atom. The highest BCUT2D eigenvalue weighted by molar-refractivity contribution is 5.94. The van der Waals surface area contributed by atoms with E-state index in [1.807, 2.05) is 0 Å². The Kier molecular flexibility index (Phi) is 13.8. The number of aliphatic imine (C=N–C) groups is 1. The predicted octanol–water partition coefficient (Wildman–Crippen LogP) is -3.59. The fraction of sp³-hybridized carbons (Fsp3) is 0.478. The lowest BCUT2D eigenvalue weighted by Gasteiger charge is -2.25. The van der Waals surface area contributed by atoms with Crippen LogP contribution in [0.2, 0.25) is 0 Å². The van der Waals surface area contributed by atoms with Crippen LogP contribution in [0.1, 0.15) is 31.2 Å². The van der Waals surface area contributed by atoms with Gasteiger partial charge in [-0.2, -0.15) is 0 Å². The largest absolute Gasteiger partial charge is 0.480 e. The number of carboxylic acid groups (broad SMARTS) is 1. The Hall–Kier alpha value is -4.24. The number of carboxylic acids is 1. The number of primary amides is 1. The Morgan fingerprint density at radius 2 is 1.42 bits per heavy atom. The van der Waals surface area contributed by atoms with Crippen LogP contribution in [-0.2, 0) is 30.4 Å². The first-order valence-corrected chi connectivity index (χ1v) is 11.8. The highest BCUT2D eigenvalue weighted by Crippen LogP contribution is 2.07. The minimum absolute atomic E-state index is 0.0126. The fourth-order valence-electron chi connectivity index (χ4n) is 3.28. The van der Waals surface area contributed by atoms with E-state index in [1.54, 1.807) is 30.3 Å². The molecule has 15 nitrogen and oxygen atoms in total. The number of nitrogens with two attached hydrogens (primary N) is 4. The molecule has 0 saturated carbocycles. The molecule has 1 aromatic rings. The predicted molar refractivity (Wildman–Crippen MR) is 137 cm³/mol. The third kappa shape index (κ3) is 12.1. The first-order valence-electron chi connectivity index (χ1n) is 11.8. The number of carbonyl (C=O) groups is 5. The lowest BCUT2D eigenvalue weighted by molar-refractivity contribution is -0.142. The first kappa shape index (κ1) is 31.8. The third-order valence-corrected chi connectivity index (χ3v) is 5.32. The van der Waals surface area contributed by atoms with Gasteiger partial charge in [-0.3, -0.25) is 24.2 Å². The van der Waals surface area contributed by atoms with Gasteiger partial charge in [0.1, 0.15) is 24.2 Å². The van der Waals surface area contributed by atoms with Gasteiger partial charge < -0.3 is 49.1 Å². The summed E-state index contributed by atoms with van der Waals surface area (Å²) in [6.45, 7) is -0.523. The maximum absolute atomic E-state index is 13.2. The van der Waals surface area contributed by atoms with E-state index in [-0.39, 0.29) is 44.6 Å². The standard InChI is InChI=1S/C23H36N8O7/c24-14(12-32)19(34)31-17(11-13-5-2-1-3-6-13)21(36)29-15(7-4-10-28-23(26)27)20(35)30-16(22(37)38)8-9-18(25)33/h1-3,5-6,14-17,32H,4,7-12,24H2,(H2,25,33)(H,29,36)(H,30,35)(H,31,34)(H,37,38)(H4,26,27,28). The lowest BCUT2D eigenvalue weighted by atomic mass is 10.0. The van der Waals surface area contributed by atoms with Gasteiger partial charge >= 0.3 is 5.97 Å². The zero-order valence-corrected chi connectivity index (χ0v) is 20.8. The summed E-state index contributed by atoms with van der Waals surface area (Å²) in [6.07, 6.45) is -0.250. The van der Waals surface area contributed by atoms with E-state index in [4.69, 9.17) is 22.9 Å². The van der Waals surface area contributed by atoms with Gasteiger partial charge in [-0.15, -0.1) is 0 Å². The van der Waals surface area contributed by atoms with Crippen molar-refractivity contribution < 1.29 is 34.2 Å². The maximum atomic E-state index is 13.2. The second-order valence-corrected chi connectivity index (χ2v) is 8.45. The monoisotopic (exact) mass is 536 g/mol. The van der Waals surface area contributed by atoms with Crippen molar-refractivity contribution in [1.82, 2.24) is 16.0 Å². The Morgan fingerprint density at radius 3 is 1.97 bits per heavy atom. The number of nitrogens with one attached hydrogen (secondary N) is 3. The van der Waals surface area contributed by atoms with Crippen molar-refractivity contribution in [3.8, 4) is 0 Å². The molecule has 38 heavy (non-hydrogen) atoms. The topological polar surface area (TPSA) is 278 Å². The van der Waals surface area contributed by atoms with Crippen LogP contribution < -0.4 is 38.9 Å². The van der Waals surface area contributed by atoms with E-state index >= 15 is 0 Å². The lowest BCUT2D eigenvalue weighted by Crippen LogP contribution is -2.58. The van der Waals surface area contributed by atoms with Crippen molar-refractivity contribution in [3.63, 3.8) is 0 Å². The second-order valence-electron chi connectivity index (χ2n) is 8.45. The molecule has 0 spiro atoms. The van der Waals surface area contributed by atoms with Crippen LogP contribution in [-0.4, -0.2) is 83.1 Å². The highest BCUT2D eigenvalue weighted by atomic mass is 16.4. The molecule has 15 heteroatoms. The minimum atomic E-state index is -1.44. The molecule has 4 amide bonds. The average Bonchev–Trinajstić information content (AvgIpc) is 2.87. The number of hydrogen-bond acceptors (Lipinski definition) is 8. The molecule has 1 aromatic carbocycles. The molecule has 1 rings (SSSR count). The summed E-state index contributed by atoms with van der Waals surface area (Å²) in [6, 6.07) is 3.58. The Bertz CT molecular complexity index is 985. The van der Waals surface area contributed by atoms with Crippen molar-refractivity contribution in [1.29, 1.82) is 0 Å². The van der Waals surface area contributed by atoms with E-state index in [1.165, 1.54) is 0 Å². The summed E-state index contributed by atoms with van der Waals surface area (Å²) in [5.41, 5.74) is 22.0. The molecule has 0 saturated heterocycles. The van der Waals surface area contributed by atoms with E-state index < -0.39 is 60.4 Å². The second kappa shape index (κ2) is 16.5.